The summed E-state index contributed by atoms with van der Waals surface area (Å²) in [6.45, 7) is 4.64. The number of nitrogens with zero attached hydrogens (tertiary/aromatic N) is 1. The Bertz CT molecular complexity index is 1020. The number of pyridine rings is 1. The van der Waals surface area contributed by atoms with E-state index >= 15 is 0 Å². The van der Waals surface area contributed by atoms with Crippen molar-refractivity contribution in [1.82, 2.24) is 10.3 Å². The molecular formula is C23H23N3O2. The van der Waals surface area contributed by atoms with E-state index in [9.17, 15) is 9.59 Å². The monoisotopic (exact) mass is 373 g/mol. The predicted octanol–water partition coefficient (Wildman–Crippen LogP) is 4.27. The van der Waals surface area contributed by atoms with Crippen molar-refractivity contribution in [3.8, 4) is 0 Å². The highest BCUT2D eigenvalue weighted by Gasteiger charge is 2.12. The summed E-state index contributed by atoms with van der Waals surface area (Å²) < 4.78 is 0. The topological polar surface area (TPSA) is 71.1 Å². The highest BCUT2D eigenvalue weighted by Crippen LogP contribution is 2.18. The van der Waals surface area contributed by atoms with E-state index in [0.717, 1.165) is 16.5 Å². The summed E-state index contributed by atoms with van der Waals surface area (Å²) in [5, 5.41) is 6.68. The van der Waals surface area contributed by atoms with Gasteiger partial charge in [0.2, 0.25) is 5.91 Å². The van der Waals surface area contributed by atoms with Crippen LogP contribution in [0.1, 0.15) is 29.8 Å². The lowest BCUT2D eigenvalue weighted by Crippen LogP contribution is -2.28. The maximum atomic E-state index is 12.4. The lowest BCUT2D eigenvalue weighted by Gasteiger charge is -2.11. The van der Waals surface area contributed by atoms with E-state index in [4.69, 9.17) is 0 Å². The second-order valence-corrected chi connectivity index (χ2v) is 6.89. The van der Waals surface area contributed by atoms with Gasteiger partial charge in [0.25, 0.3) is 5.91 Å². The zero-order valence-corrected chi connectivity index (χ0v) is 16.0. The smallest absolute Gasteiger partial charge is 0.253 e. The number of aromatic nitrogens is 1. The van der Waals surface area contributed by atoms with Gasteiger partial charge in [-0.1, -0.05) is 50.2 Å². The Morgan fingerprint density at radius 3 is 2.64 bits per heavy atom. The summed E-state index contributed by atoms with van der Waals surface area (Å²) in [7, 11) is 0. The minimum Gasteiger partial charge on any atom is -0.352 e. The molecule has 0 saturated heterocycles. The van der Waals surface area contributed by atoms with Crippen LogP contribution in [0, 0.1) is 5.92 Å². The number of para-hydroxylation sites is 2. The number of hydrogen-bond donors (Lipinski definition) is 2. The van der Waals surface area contributed by atoms with Crippen molar-refractivity contribution in [3.63, 3.8) is 0 Å². The van der Waals surface area contributed by atoms with E-state index in [-0.39, 0.29) is 11.8 Å². The van der Waals surface area contributed by atoms with Gasteiger partial charge in [0.05, 0.1) is 16.8 Å². The van der Waals surface area contributed by atoms with Crippen LogP contribution in [0.5, 0.6) is 0 Å². The van der Waals surface area contributed by atoms with Crippen LogP contribution >= 0.6 is 0 Å². The molecule has 5 nitrogen and oxygen atoms in total. The Labute approximate surface area is 164 Å². The SMILES string of the molecule is CC(C)CNC(=O)c1ccccc1NC(=O)/C=C/c1cccc2cccnc12. The molecule has 2 N–H and O–H groups in total. The number of anilines is 1. The molecule has 3 aromatic rings. The first kappa shape index (κ1) is 19.3. The fourth-order valence-electron chi connectivity index (χ4n) is 2.78. The van der Waals surface area contributed by atoms with Gasteiger partial charge in [0, 0.05) is 29.8 Å². The number of hydrogen-bond acceptors (Lipinski definition) is 3. The molecule has 0 aliphatic rings. The predicted molar refractivity (Wildman–Crippen MR) is 113 cm³/mol. The van der Waals surface area contributed by atoms with Crippen molar-refractivity contribution in [1.29, 1.82) is 0 Å². The number of fused-ring (bicyclic) bond motifs is 1. The highest BCUT2D eigenvalue weighted by molar-refractivity contribution is 6.08. The number of rotatable bonds is 6. The van der Waals surface area contributed by atoms with Crippen molar-refractivity contribution in [2.75, 3.05) is 11.9 Å². The maximum Gasteiger partial charge on any atom is 0.253 e. The highest BCUT2D eigenvalue weighted by atomic mass is 16.2. The molecule has 1 aromatic heterocycles. The van der Waals surface area contributed by atoms with E-state index in [1.807, 2.05) is 44.2 Å². The Morgan fingerprint density at radius 1 is 1.04 bits per heavy atom. The van der Waals surface area contributed by atoms with Crippen LogP contribution < -0.4 is 10.6 Å². The van der Waals surface area contributed by atoms with Gasteiger partial charge in [-0.15, -0.1) is 0 Å². The van der Waals surface area contributed by atoms with Gasteiger partial charge in [-0.3, -0.25) is 14.6 Å². The van der Waals surface area contributed by atoms with Gasteiger partial charge in [-0.05, 0) is 30.2 Å². The summed E-state index contributed by atoms with van der Waals surface area (Å²) in [6, 6.07) is 16.6. The fourth-order valence-corrected chi connectivity index (χ4v) is 2.78. The van der Waals surface area contributed by atoms with Gasteiger partial charge in [-0.2, -0.15) is 0 Å². The van der Waals surface area contributed by atoms with Crippen molar-refractivity contribution in [2.24, 2.45) is 5.92 Å². The van der Waals surface area contributed by atoms with Crippen molar-refractivity contribution < 1.29 is 9.59 Å². The molecule has 1 heterocycles. The van der Waals surface area contributed by atoms with E-state index in [1.54, 1.807) is 36.5 Å². The van der Waals surface area contributed by atoms with Gasteiger partial charge in [0.1, 0.15) is 0 Å². The first-order valence-corrected chi connectivity index (χ1v) is 9.24. The average Bonchev–Trinajstić information content (AvgIpc) is 2.71. The zero-order chi connectivity index (χ0) is 19.9. The van der Waals surface area contributed by atoms with Crippen LogP contribution in [-0.2, 0) is 4.79 Å². The Hall–Kier alpha value is -3.47. The lowest BCUT2D eigenvalue weighted by molar-refractivity contribution is -0.111. The van der Waals surface area contributed by atoms with E-state index in [2.05, 4.69) is 15.6 Å². The molecule has 5 heteroatoms. The maximum absolute atomic E-state index is 12.4. The van der Waals surface area contributed by atoms with Gasteiger partial charge in [0.15, 0.2) is 0 Å². The first-order valence-electron chi connectivity index (χ1n) is 9.24. The molecule has 2 aromatic carbocycles. The second-order valence-electron chi connectivity index (χ2n) is 6.89. The molecule has 0 aliphatic carbocycles. The standard InChI is InChI=1S/C23H23N3O2/c1-16(2)15-25-23(28)19-10-3-4-11-20(19)26-21(27)13-12-18-8-5-7-17-9-6-14-24-22(17)18/h3-14,16H,15H2,1-2H3,(H,25,28)(H,26,27)/b13-12+. The Morgan fingerprint density at radius 2 is 1.82 bits per heavy atom. The van der Waals surface area contributed by atoms with Crippen LogP contribution in [0.15, 0.2) is 66.9 Å². The van der Waals surface area contributed by atoms with Crippen LogP contribution in [0.4, 0.5) is 5.69 Å². The van der Waals surface area contributed by atoms with Gasteiger partial charge < -0.3 is 10.6 Å². The number of carbonyl (C=O) groups excluding carboxylic acids is 2. The Kier molecular flexibility index (Phi) is 6.17. The van der Waals surface area contributed by atoms with E-state index in [1.165, 1.54) is 6.08 Å². The molecule has 3 rings (SSSR count). The lowest BCUT2D eigenvalue weighted by atomic mass is 10.1. The molecule has 0 unspecified atom stereocenters. The minimum absolute atomic E-state index is 0.202. The number of carbonyl (C=O) groups is 2. The molecule has 0 atom stereocenters. The normalized spacial score (nSPS) is 11.1. The van der Waals surface area contributed by atoms with Crippen LogP contribution in [-0.4, -0.2) is 23.3 Å². The molecule has 0 saturated carbocycles. The third-order valence-corrected chi connectivity index (χ3v) is 4.18. The third-order valence-electron chi connectivity index (χ3n) is 4.18. The molecule has 142 valence electrons. The summed E-state index contributed by atoms with van der Waals surface area (Å²) in [5.41, 5.74) is 2.62. The number of nitrogens with one attached hydrogen (secondary N) is 2. The van der Waals surface area contributed by atoms with E-state index in [0.29, 0.717) is 23.7 Å². The number of benzene rings is 2. The summed E-state index contributed by atoms with van der Waals surface area (Å²) in [6.07, 6.45) is 4.91. The first-order chi connectivity index (χ1) is 13.5. The quantitative estimate of drug-likeness (QED) is 0.634. The van der Waals surface area contributed by atoms with Crippen LogP contribution in [0.2, 0.25) is 0 Å². The summed E-state index contributed by atoms with van der Waals surface area (Å²) in [4.78, 5) is 29.2. The van der Waals surface area contributed by atoms with E-state index < -0.39 is 0 Å². The molecule has 0 bridgehead atoms. The molecule has 0 spiro atoms. The van der Waals surface area contributed by atoms with Gasteiger partial charge in [-0.25, -0.2) is 0 Å². The Balaban J connectivity index is 1.75. The van der Waals surface area contributed by atoms with Crippen molar-refractivity contribution >= 4 is 34.5 Å². The molecule has 0 fully saturated rings. The number of amides is 2. The van der Waals surface area contributed by atoms with Crippen molar-refractivity contribution in [2.45, 2.75) is 13.8 Å². The van der Waals surface area contributed by atoms with Gasteiger partial charge >= 0.3 is 0 Å². The van der Waals surface area contributed by atoms with Crippen LogP contribution in [0.25, 0.3) is 17.0 Å². The second kappa shape index (κ2) is 8.95. The summed E-state index contributed by atoms with van der Waals surface area (Å²) in [5.74, 6) is -0.160. The molecule has 28 heavy (non-hydrogen) atoms. The largest absolute Gasteiger partial charge is 0.352 e. The molecular weight excluding hydrogens is 350 g/mol. The third kappa shape index (κ3) is 4.82. The summed E-state index contributed by atoms with van der Waals surface area (Å²) >= 11 is 0. The van der Waals surface area contributed by atoms with Crippen molar-refractivity contribution in [3.05, 3.63) is 78.0 Å². The fraction of sp³-hybridized carbons (Fsp3) is 0.174. The molecule has 0 aliphatic heterocycles. The van der Waals surface area contributed by atoms with Crippen LogP contribution in [0.3, 0.4) is 0 Å². The molecule has 2 amide bonds. The minimum atomic E-state index is -0.308. The molecule has 0 radical (unpaired) electrons. The average molecular weight is 373 g/mol. The zero-order valence-electron chi connectivity index (χ0n) is 16.0.